The van der Waals surface area contributed by atoms with E-state index >= 15 is 0 Å². The van der Waals surface area contributed by atoms with E-state index in [1.54, 1.807) is 0 Å². The first-order chi connectivity index (χ1) is 10.8. The van der Waals surface area contributed by atoms with Crippen molar-refractivity contribution in [2.24, 2.45) is 0 Å². The summed E-state index contributed by atoms with van der Waals surface area (Å²) in [4.78, 5) is 0. The van der Waals surface area contributed by atoms with E-state index in [1.165, 1.54) is 30.2 Å². The molecule has 3 rings (SSSR count). The highest BCUT2D eigenvalue weighted by atomic mass is 35.5. The van der Waals surface area contributed by atoms with E-state index in [1.807, 2.05) is 6.20 Å². The number of fused-ring (bicyclic) bond motifs is 1. The Morgan fingerprint density at radius 1 is 1.22 bits per heavy atom. The number of aromatic amines is 1. The van der Waals surface area contributed by atoms with Crippen molar-refractivity contribution in [2.45, 2.75) is 64.5 Å². The van der Waals surface area contributed by atoms with Crippen LogP contribution >= 0.6 is 12.4 Å². The van der Waals surface area contributed by atoms with Gasteiger partial charge in [0.1, 0.15) is 5.75 Å². The molecule has 4 nitrogen and oxygen atoms in total. The summed E-state index contributed by atoms with van der Waals surface area (Å²) in [7, 11) is 0. The number of H-pyrrole nitrogens is 1. The molecule has 0 amide bonds. The number of nitrogens with one attached hydrogen (secondary N) is 2. The van der Waals surface area contributed by atoms with Crippen molar-refractivity contribution in [3.63, 3.8) is 0 Å². The predicted octanol–water partition coefficient (Wildman–Crippen LogP) is 4.24. The lowest BCUT2D eigenvalue weighted by molar-refractivity contribution is 0.139. The monoisotopic (exact) mass is 337 g/mol. The summed E-state index contributed by atoms with van der Waals surface area (Å²) in [6, 6.07) is 4.85. The number of rotatable bonds is 6. The maximum atomic E-state index is 6.34. The maximum Gasteiger partial charge on any atom is 0.123 e. The molecule has 0 saturated heterocycles. The third-order valence-electron chi connectivity index (χ3n) is 4.70. The van der Waals surface area contributed by atoms with Gasteiger partial charge in [0, 0.05) is 17.0 Å². The fourth-order valence-electron chi connectivity index (χ4n) is 3.44. The summed E-state index contributed by atoms with van der Waals surface area (Å²) in [5.74, 6) is 1.04. The lowest BCUT2D eigenvalue weighted by Gasteiger charge is -2.30. The van der Waals surface area contributed by atoms with Gasteiger partial charge in [-0.15, -0.1) is 12.4 Å². The molecule has 1 heterocycles. The molecule has 0 radical (unpaired) electrons. The van der Waals surface area contributed by atoms with Gasteiger partial charge in [-0.3, -0.25) is 5.10 Å². The van der Waals surface area contributed by atoms with Crippen LogP contribution in [0.2, 0.25) is 0 Å². The zero-order chi connectivity index (χ0) is 15.4. The Labute approximate surface area is 144 Å². The summed E-state index contributed by atoms with van der Waals surface area (Å²) in [5.41, 5.74) is 2.37. The van der Waals surface area contributed by atoms with Crippen LogP contribution in [0.5, 0.6) is 5.75 Å². The summed E-state index contributed by atoms with van der Waals surface area (Å²) in [6.07, 6.45) is 9.18. The lowest BCUT2D eigenvalue weighted by Crippen LogP contribution is -2.36. The number of aryl methyl sites for hydroxylation is 1. The van der Waals surface area contributed by atoms with Crippen LogP contribution in [0.15, 0.2) is 18.3 Å². The quantitative estimate of drug-likeness (QED) is 0.829. The van der Waals surface area contributed by atoms with Crippen LogP contribution in [0.4, 0.5) is 0 Å². The smallest absolute Gasteiger partial charge is 0.123 e. The summed E-state index contributed by atoms with van der Waals surface area (Å²) in [6.45, 7) is 5.54. The minimum absolute atomic E-state index is 0. The topological polar surface area (TPSA) is 49.9 Å². The van der Waals surface area contributed by atoms with Crippen LogP contribution in [0, 0.1) is 0 Å². The molecule has 0 spiro atoms. The fraction of sp³-hybridized carbons (Fsp3) is 0.611. The van der Waals surface area contributed by atoms with Gasteiger partial charge in [0.05, 0.1) is 17.8 Å². The Bertz CT molecular complexity index is 605. The largest absolute Gasteiger partial charge is 0.490 e. The first kappa shape index (κ1) is 18.1. The minimum atomic E-state index is 0. The Kier molecular flexibility index (Phi) is 6.72. The Morgan fingerprint density at radius 3 is 2.70 bits per heavy atom. The van der Waals surface area contributed by atoms with Crippen molar-refractivity contribution in [1.82, 2.24) is 15.5 Å². The molecule has 0 bridgehead atoms. The first-order valence-electron chi connectivity index (χ1n) is 8.66. The van der Waals surface area contributed by atoms with Crippen molar-refractivity contribution in [3.05, 3.63) is 23.9 Å². The van der Waals surface area contributed by atoms with Gasteiger partial charge in [-0.1, -0.05) is 13.8 Å². The van der Waals surface area contributed by atoms with Gasteiger partial charge < -0.3 is 10.1 Å². The van der Waals surface area contributed by atoms with Gasteiger partial charge in [0.2, 0.25) is 0 Å². The molecule has 0 atom stereocenters. The second-order valence-electron chi connectivity index (χ2n) is 6.27. The van der Waals surface area contributed by atoms with Gasteiger partial charge in [-0.05, 0) is 57.2 Å². The molecule has 1 fully saturated rings. The number of benzene rings is 1. The van der Waals surface area contributed by atoms with Crippen molar-refractivity contribution in [2.75, 3.05) is 6.54 Å². The second kappa shape index (κ2) is 8.55. The molecule has 5 heteroatoms. The van der Waals surface area contributed by atoms with E-state index in [9.17, 15) is 0 Å². The zero-order valence-corrected chi connectivity index (χ0v) is 14.9. The predicted molar refractivity (Wildman–Crippen MR) is 97.7 cm³/mol. The summed E-state index contributed by atoms with van der Waals surface area (Å²) >= 11 is 0. The Morgan fingerprint density at radius 2 is 2.00 bits per heavy atom. The maximum absolute atomic E-state index is 6.34. The fourth-order valence-corrected chi connectivity index (χ4v) is 3.44. The number of hydrogen-bond acceptors (Lipinski definition) is 3. The van der Waals surface area contributed by atoms with Gasteiger partial charge in [-0.2, -0.15) is 5.10 Å². The molecular weight excluding hydrogens is 310 g/mol. The van der Waals surface area contributed by atoms with Crippen LogP contribution in [0.25, 0.3) is 10.9 Å². The molecule has 1 saturated carbocycles. The Balaban J connectivity index is 0.00000192. The van der Waals surface area contributed by atoms with Crippen molar-refractivity contribution in [3.8, 4) is 5.75 Å². The number of halogens is 1. The van der Waals surface area contributed by atoms with Crippen molar-refractivity contribution < 1.29 is 4.74 Å². The van der Waals surface area contributed by atoms with Gasteiger partial charge in [0.15, 0.2) is 0 Å². The van der Waals surface area contributed by atoms with Crippen molar-refractivity contribution in [1.29, 1.82) is 0 Å². The third-order valence-corrected chi connectivity index (χ3v) is 4.70. The van der Waals surface area contributed by atoms with Crippen LogP contribution < -0.4 is 10.1 Å². The Hall–Kier alpha value is -1.26. The van der Waals surface area contributed by atoms with E-state index in [4.69, 9.17) is 4.74 Å². The number of ether oxygens (including phenoxy) is 1. The molecule has 0 aliphatic heterocycles. The van der Waals surface area contributed by atoms with E-state index in [-0.39, 0.29) is 12.4 Å². The molecule has 0 unspecified atom stereocenters. The normalized spacial score (nSPS) is 21.1. The summed E-state index contributed by atoms with van der Waals surface area (Å²) < 4.78 is 6.34. The number of nitrogens with zero attached hydrogens (tertiary/aromatic N) is 1. The standard InChI is InChI=1S/C18H27N3O.ClH/c1-3-11-19-13-5-7-14(8-6-13)22-18-10-9-17-16(12-20-21-17)15(18)4-2;/h9-10,12-14,19H,3-8,11H2,1-2H3,(H,20,21);1H. The van der Waals surface area contributed by atoms with E-state index in [0.717, 1.165) is 37.1 Å². The molecule has 23 heavy (non-hydrogen) atoms. The third kappa shape index (κ3) is 4.18. The van der Waals surface area contributed by atoms with E-state index in [0.29, 0.717) is 12.1 Å². The number of hydrogen-bond donors (Lipinski definition) is 2. The minimum Gasteiger partial charge on any atom is -0.490 e. The molecule has 2 N–H and O–H groups in total. The lowest BCUT2D eigenvalue weighted by atomic mass is 9.92. The molecule has 1 aromatic heterocycles. The average molecular weight is 338 g/mol. The first-order valence-corrected chi connectivity index (χ1v) is 8.66. The molecule has 1 aromatic carbocycles. The van der Waals surface area contributed by atoms with Crippen LogP contribution in [-0.2, 0) is 6.42 Å². The van der Waals surface area contributed by atoms with Crippen LogP contribution in [0.1, 0.15) is 51.5 Å². The molecule has 1 aliphatic carbocycles. The van der Waals surface area contributed by atoms with Gasteiger partial charge >= 0.3 is 0 Å². The van der Waals surface area contributed by atoms with Crippen molar-refractivity contribution >= 4 is 23.3 Å². The molecule has 2 aromatic rings. The van der Waals surface area contributed by atoms with Crippen LogP contribution in [0.3, 0.4) is 0 Å². The SMILES string of the molecule is CCCNC1CCC(Oc2ccc3[nH]ncc3c2CC)CC1.Cl. The highest BCUT2D eigenvalue weighted by molar-refractivity contribution is 5.85. The average Bonchev–Trinajstić information content (AvgIpc) is 3.02. The molecular formula is C18H28ClN3O. The molecule has 1 aliphatic rings. The number of aromatic nitrogens is 2. The molecule has 128 valence electrons. The van der Waals surface area contributed by atoms with E-state index < -0.39 is 0 Å². The summed E-state index contributed by atoms with van der Waals surface area (Å²) in [5, 5.41) is 12.0. The second-order valence-corrected chi connectivity index (χ2v) is 6.27. The zero-order valence-electron chi connectivity index (χ0n) is 14.1. The van der Waals surface area contributed by atoms with Gasteiger partial charge in [0.25, 0.3) is 0 Å². The highest BCUT2D eigenvalue weighted by Gasteiger charge is 2.22. The highest BCUT2D eigenvalue weighted by Crippen LogP contribution is 2.31. The van der Waals surface area contributed by atoms with E-state index in [2.05, 4.69) is 41.5 Å². The van der Waals surface area contributed by atoms with Crippen LogP contribution in [-0.4, -0.2) is 28.9 Å². The van der Waals surface area contributed by atoms with Gasteiger partial charge in [-0.25, -0.2) is 0 Å².